The number of aliphatic hydroxyl groups is 3. The Kier molecular flexibility index (Phi) is 9.72. The fourth-order valence-corrected chi connectivity index (χ4v) is 4.71. The molecule has 2 fully saturated rings. The monoisotopic (exact) mass is 470 g/mol. The predicted molar refractivity (Wildman–Crippen MR) is 134 cm³/mol. The van der Waals surface area contributed by atoms with Crippen LogP contribution in [0.15, 0.2) is 83.0 Å². The lowest BCUT2D eigenvalue weighted by atomic mass is 9.84. The van der Waals surface area contributed by atoms with Crippen molar-refractivity contribution in [2.75, 3.05) is 13.7 Å². The summed E-state index contributed by atoms with van der Waals surface area (Å²) in [6.07, 6.45) is 13.6. The Hall–Kier alpha value is -1.95. The van der Waals surface area contributed by atoms with Crippen LogP contribution in [-0.2, 0) is 11.2 Å². The average Bonchev–Trinajstić information content (AvgIpc) is 3.68. The number of rotatable bonds is 7. The van der Waals surface area contributed by atoms with Gasteiger partial charge in [0.2, 0.25) is 0 Å². The van der Waals surface area contributed by atoms with E-state index in [1.54, 1.807) is 6.08 Å². The number of ether oxygens (including phenoxy) is 1. The lowest BCUT2D eigenvalue weighted by molar-refractivity contribution is -0.0968. The summed E-state index contributed by atoms with van der Waals surface area (Å²) in [7, 11) is 1.00. The molecule has 2 aliphatic carbocycles. The van der Waals surface area contributed by atoms with E-state index in [2.05, 4.69) is 36.9 Å². The fraction of sp³-hybridized carbons (Fsp3) is 0.429. The lowest BCUT2D eigenvalue weighted by Gasteiger charge is -2.35. The van der Waals surface area contributed by atoms with Crippen LogP contribution < -0.4 is 0 Å². The van der Waals surface area contributed by atoms with Crippen molar-refractivity contribution >= 4 is 11.6 Å². The molecule has 3 unspecified atom stereocenters. The molecule has 0 amide bonds. The van der Waals surface area contributed by atoms with E-state index in [-0.39, 0.29) is 18.8 Å². The molecule has 1 heterocycles. The number of hydrogen-bond donors (Lipinski definition) is 3. The topological polar surface area (TPSA) is 69.9 Å². The summed E-state index contributed by atoms with van der Waals surface area (Å²) in [5.41, 5.74) is 5.88. The SMILES string of the molecule is C=C/C=C\C=C1/CC(Cl)=C(Cc2ccc(C3CC3)cc2)C=C1C1CC(O)CC(CO)O1.CO. The molecule has 178 valence electrons. The van der Waals surface area contributed by atoms with Crippen molar-refractivity contribution in [1.29, 1.82) is 0 Å². The van der Waals surface area contributed by atoms with Crippen molar-refractivity contribution in [2.45, 2.75) is 62.8 Å². The van der Waals surface area contributed by atoms with E-state index in [1.807, 2.05) is 18.2 Å². The standard InChI is InChI=1S/C27H31ClO3.CH4O/c1-2-3-4-5-21-14-26(28)22(12-18-6-8-19(9-7-18)20-10-11-20)13-25(21)27-16-23(30)15-24(17-29)31-27;1-2/h2-9,13,20,23-24,27,29-30H,1,10-12,14-17H2;2H,1H3/b4-3-,21-5+;. The molecule has 1 saturated heterocycles. The van der Waals surface area contributed by atoms with Crippen LogP contribution in [0.25, 0.3) is 0 Å². The second kappa shape index (κ2) is 12.5. The molecule has 1 aromatic rings. The molecular formula is C28H35ClO4. The molecule has 3 aliphatic rings. The van der Waals surface area contributed by atoms with Gasteiger partial charge >= 0.3 is 0 Å². The molecule has 3 N–H and O–H groups in total. The highest BCUT2D eigenvalue weighted by atomic mass is 35.5. The Labute approximate surface area is 202 Å². The summed E-state index contributed by atoms with van der Waals surface area (Å²) in [6.45, 7) is 3.64. The highest BCUT2D eigenvalue weighted by molar-refractivity contribution is 6.30. The third kappa shape index (κ3) is 7.02. The fourth-order valence-electron chi connectivity index (χ4n) is 4.45. The quantitative estimate of drug-likeness (QED) is 0.484. The van der Waals surface area contributed by atoms with Crippen LogP contribution in [0.2, 0.25) is 0 Å². The van der Waals surface area contributed by atoms with Gasteiger partial charge in [0.25, 0.3) is 0 Å². The van der Waals surface area contributed by atoms with Crippen LogP contribution in [0.1, 0.15) is 49.1 Å². The Balaban J connectivity index is 0.00000149. The Morgan fingerprint density at radius 3 is 2.48 bits per heavy atom. The van der Waals surface area contributed by atoms with Crippen molar-refractivity contribution in [2.24, 2.45) is 0 Å². The summed E-state index contributed by atoms with van der Waals surface area (Å²) in [5, 5.41) is 27.8. The van der Waals surface area contributed by atoms with Gasteiger partial charge in [-0.2, -0.15) is 0 Å². The van der Waals surface area contributed by atoms with Gasteiger partial charge in [-0.3, -0.25) is 0 Å². The third-order valence-corrected chi connectivity index (χ3v) is 6.67. The van der Waals surface area contributed by atoms with Crippen molar-refractivity contribution in [3.05, 3.63) is 94.1 Å². The van der Waals surface area contributed by atoms with Gasteiger partial charge in [-0.25, -0.2) is 0 Å². The first-order valence-corrected chi connectivity index (χ1v) is 12.0. The van der Waals surface area contributed by atoms with Crippen LogP contribution >= 0.6 is 11.6 Å². The van der Waals surface area contributed by atoms with E-state index in [4.69, 9.17) is 21.4 Å². The molecule has 0 bridgehead atoms. The van der Waals surface area contributed by atoms with E-state index in [9.17, 15) is 10.2 Å². The zero-order chi connectivity index (χ0) is 23.8. The van der Waals surface area contributed by atoms with Crippen LogP contribution in [0, 0.1) is 0 Å². The first kappa shape index (κ1) is 25.7. The van der Waals surface area contributed by atoms with E-state index >= 15 is 0 Å². The van der Waals surface area contributed by atoms with E-state index < -0.39 is 6.10 Å². The summed E-state index contributed by atoms with van der Waals surface area (Å²) in [5.74, 6) is 0.753. The molecule has 4 rings (SSSR count). The van der Waals surface area contributed by atoms with Crippen molar-refractivity contribution < 1.29 is 20.1 Å². The Bertz CT molecular complexity index is 922. The number of aliphatic hydroxyl groups excluding tert-OH is 3. The second-order valence-corrected chi connectivity index (χ2v) is 9.22. The molecule has 33 heavy (non-hydrogen) atoms. The largest absolute Gasteiger partial charge is 0.400 e. The smallest absolute Gasteiger partial charge is 0.0857 e. The first-order valence-electron chi connectivity index (χ1n) is 11.6. The summed E-state index contributed by atoms with van der Waals surface area (Å²) >= 11 is 6.74. The van der Waals surface area contributed by atoms with Gasteiger partial charge < -0.3 is 20.1 Å². The van der Waals surface area contributed by atoms with Crippen LogP contribution in [0.3, 0.4) is 0 Å². The van der Waals surface area contributed by atoms with Gasteiger partial charge in [-0.1, -0.05) is 72.8 Å². The van der Waals surface area contributed by atoms with Gasteiger partial charge in [0, 0.05) is 31.4 Å². The Morgan fingerprint density at radius 2 is 1.85 bits per heavy atom. The van der Waals surface area contributed by atoms with E-state index in [0.29, 0.717) is 19.3 Å². The van der Waals surface area contributed by atoms with Crippen molar-refractivity contribution in [3.63, 3.8) is 0 Å². The normalized spacial score (nSPS) is 26.8. The molecule has 1 saturated carbocycles. The average molecular weight is 471 g/mol. The van der Waals surface area contributed by atoms with E-state index in [0.717, 1.165) is 41.2 Å². The summed E-state index contributed by atoms with van der Waals surface area (Å²) in [4.78, 5) is 0. The molecule has 4 nitrogen and oxygen atoms in total. The molecule has 0 radical (unpaired) electrons. The summed E-state index contributed by atoms with van der Waals surface area (Å²) in [6, 6.07) is 8.90. The van der Waals surface area contributed by atoms with Gasteiger partial charge in [-0.15, -0.1) is 0 Å². The number of allylic oxidation sites excluding steroid dienone is 7. The maximum atomic E-state index is 10.3. The third-order valence-electron chi connectivity index (χ3n) is 6.29. The minimum Gasteiger partial charge on any atom is -0.400 e. The van der Waals surface area contributed by atoms with Gasteiger partial charge in [0.05, 0.1) is 24.9 Å². The molecule has 5 heteroatoms. The van der Waals surface area contributed by atoms with Crippen LogP contribution in [0.5, 0.6) is 0 Å². The minimum atomic E-state index is -0.485. The molecule has 0 aromatic heterocycles. The number of benzene rings is 1. The van der Waals surface area contributed by atoms with Gasteiger partial charge in [0.15, 0.2) is 0 Å². The van der Waals surface area contributed by atoms with Crippen molar-refractivity contribution in [3.8, 4) is 0 Å². The lowest BCUT2D eigenvalue weighted by Crippen LogP contribution is -2.39. The zero-order valence-electron chi connectivity index (χ0n) is 19.3. The maximum Gasteiger partial charge on any atom is 0.0857 e. The maximum absolute atomic E-state index is 10.3. The molecule has 1 aromatic carbocycles. The molecule has 1 aliphatic heterocycles. The minimum absolute atomic E-state index is 0.0902. The van der Waals surface area contributed by atoms with Gasteiger partial charge in [0.1, 0.15) is 0 Å². The Morgan fingerprint density at radius 1 is 1.12 bits per heavy atom. The molecule has 3 atom stereocenters. The van der Waals surface area contributed by atoms with Crippen LogP contribution in [-0.4, -0.2) is 47.3 Å². The highest BCUT2D eigenvalue weighted by Crippen LogP contribution is 2.41. The molecule has 0 spiro atoms. The van der Waals surface area contributed by atoms with E-state index in [1.165, 1.54) is 24.0 Å². The summed E-state index contributed by atoms with van der Waals surface area (Å²) < 4.78 is 6.14. The number of halogens is 1. The second-order valence-electron chi connectivity index (χ2n) is 8.77. The van der Waals surface area contributed by atoms with Crippen molar-refractivity contribution in [1.82, 2.24) is 0 Å². The highest BCUT2D eigenvalue weighted by Gasteiger charge is 2.33. The number of hydrogen-bond acceptors (Lipinski definition) is 4. The van der Waals surface area contributed by atoms with Gasteiger partial charge in [-0.05, 0) is 53.0 Å². The zero-order valence-corrected chi connectivity index (χ0v) is 20.0. The first-order chi connectivity index (χ1) is 16.1. The van der Waals surface area contributed by atoms with Crippen LogP contribution in [0.4, 0.5) is 0 Å². The molecular weight excluding hydrogens is 436 g/mol. The predicted octanol–water partition coefficient (Wildman–Crippen LogP) is 5.11.